The first-order chi connectivity index (χ1) is 16.0. The van der Waals surface area contributed by atoms with Crippen molar-refractivity contribution in [3.05, 3.63) is 95.3 Å². The summed E-state index contributed by atoms with van der Waals surface area (Å²) >= 11 is 11.5. The van der Waals surface area contributed by atoms with E-state index in [4.69, 9.17) is 23.8 Å². The number of para-hydroxylation sites is 2. The zero-order chi connectivity index (χ0) is 23.0. The van der Waals surface area contributed by atoms with Gasteiger partial charge in [-0.15, -0.1) is 0 Å². The summed E-state index contributed by atoms with van der Waals surface area (Å²) < 4.78 is 0. The number of hydrogen-bond donors (Lipinski definition) is 4. The minimum Gasteiger partial charge on any atom is -0.355 e. The third-order valence-electron chi connectivity index (χ3n) is 4.59. The van der Waals surface area contributed by atoms with Gasteiger partial charge >= 0.3 is 0 Å². The molecule has 1 aromatic heterocycles. The molecule has 3 aromatic carbocycles. The van der Waals surface area contributed by atoms with E-state index in [-0.39, 0.29) is 0 Å². The highest BCUT2D eigenvalue weighted by atomic mass is 35.5. The molecule has 0 spiro atoms. The van der Waals surface area contributed by atoms with E-state index in [1.165, 1.54) is 0 Å². The van der Waals surface area contributed by atoms with E-state index in [1.807, 2.05) is 85.8 Å². The Morgan fingerprint density at radius 2 is 1.39 bits per heavy atom. The number of nitrogens with zero attached hydrogens (tertiary/aromatic N) is 3. The molecule has 0 atom stereocenters. The van der Waals surface area contributed by atoms with E-state index >= 15 is 0 Å². The molecule has 0 unspecified atom stereocenters. The molecule has 0 aliphatic heterocycles. The summed E-state index contributed by atoms with van der Waals surface area (Å²) in [4.78, 5) is 13.6. The highest BCUT2D eigenvalue weighted by Gasteiger charge is 2.09. The second-order valence-corrected chi connectivity index (χ2v) is 7.99. The van der Waals surface area contributed by atoms with E-state index in [0.717, 1.165) is 22.6 Å². The molecule has 0 fully saturated rings. The monoisotopic (exact) mass is 475 g/mol. The number of benzene rings is 3. The average molecular weight is 476 g/mol. The number of aromatic nitrogens is 3. The summed E-state index contributed by atoms with van der Waals surface area (Å²) in [6, 6.07) is 25.0. The minimum absolute atomic E-state index is 0.313. The van der Waals surface area contributed by atoms with Gasteiger partial charge in [-0.1, -0.05) is 48.0 Å². The Hall–Kier alpha value is -3.75. The Bertz CT molecular complexity index is 1180. The van der Waals surface area contributed by atoms with Crippen molar-refractivity contribution in [3.63, 3.8) is 0 Å². The molecular weight excluding hydrogens is 454 g/mol. The summed E-state index contributed by atoms with van der Waals surface area (Å²) in [6.07, 6.45) is 0. The summed E-state index contributed by atoms with van der Waals surface area (Å²) in [7, 11) is 0. The first-order valence-corrected chi connectivity index (χ1v) is 11.0. The highest BCUT2D eigenvalue weighted by Crippen LogP contribution is 2.20. The normalized spacial score (nSPS) is 10.4. The quantitative estimate of drug-likeness (QED) is 0.249. The van der Waals surface area contributed by atoms with Gasteiger partial charge in [0.15, 0.2) is 10.9 Å². The van der Waals surface area contributed by atoms with Crippen molar-refractivity contribution in [2.45, 2.75) is 13.5 Å². The van der Waals surface area contributed by atoms with Crippen LogP contribution >= 0.6 is 23.8 Å². The summed E-state index contributed by atoms with van der Waals surface area (Å²) in [5, 5.41) is 13.9. The first kappa shape index (κ1) is 22.4. The van der Waals surface area contributed by atoms with Gasteiger partial charge < -0.3 is 21.3 Å². The first-order valence-electron chi connectivity index (χ1n) is 10.3. The lowest BCUT2D eigenvalue weighted by Crippen LogP contribution is -2.29. The van der Waals surface area contributed by atoms with Crippen LogP contribution in [0.4, 0.5) is 29.0 Å². The molecule has 33 heavy (non-hydrogen) atoms. The fraction of sp³-hybridized carbons (Fsp3) is 0.0833. The largest absolute Gasteiger partial charge is 0.355 e. The van der Waals surface area contributed by atoms with Crippen LogP contribution in [0.2, 0.25) is 5.02 Å². The molecule has 4 rings (SSSR count). The van der Waals surface area contributed by atoms with Crippen molar-refractivity contribution in [3.8, 4) is 0 Å². The topological polar surface area (TPSA) is 86.8 Å². The van der Waals surface area contributed by atoms with Crippen LogP contribution in [0.3, 0.4) is 0 Å². The van der Waals surface area contributed by atoms with Crippen LogP contribution in [-0.2, 0) is 6.54 Å². The van der Waals surface area contributed by atoms with Gasteiger partial charge in [0.05, 0.1) is 6.54 Å². The average Bonchev–Trinajstić information content (AvgIpc) is 2.81. The van der Waals surface area contributed by atoms with Gasteiger partial charge in [0.2, 0.25) is 11.9 Å². The van der Waals surface area contributed by atoms with Crippen molar-refractivity contribution in [2.24, 2.45) is 0 Å². The zero-order valence-electron chi connectivity index (χ0n) is 17.8. The van der Waals surface area contributed by atoms with Crippen LogP contribution in [0.1, 0.15) is 11.4 Å². The minimum atomic E-state index is 0.313. The molecule has 0 bridgehead atoms. The molecule has 166 valence electrons. The van der Waals surface area contributed by atoms with Gasteiger partial charge in [-0.3, -0.25) is 0 Å². The molecule has 0 aliphatic carbocycles. The zero-order valence-corrected chi connectivity index (χ0v) is 19.4. The molecule has 0 saturated heterocycles. The van der Waals surface area contributed by atoms with E-state index in [0.29, 0.717) is 34.4 Å². The number of halogens is 1. The molecule has 9 heteroatoms. The third kappa shape index (κ3) is 6.61. The van der Waals surface area contributed by atoms with Gasteiger partial charge in [-0.05, 0) is 67.2 Å². The summed E-state index contributed by atoms with van der Waals surface area (Å²) in [5.74, 6) is 1.39. The molecule has 4 aromatic rings. The SMILES string of the molecule is Cc1cc(Cl)ccc1NC(=S)NCc1nc(Nc2ccccc2)nc(Nc2ccccc2)n1. The van der Waals surface area contributed by atoms with E-state index in [9.17, 15) is 0 Å². The van der Waals surface area contributed by atoms with Crippen LogP contribution in [0, 0.1) is 6.92 Å². The fourth-order valence-electron chi connectivity index (χ4n) is 3.01. The van der Waals surface area contributed by atoms with Crippen LogP contribution in [0.25, 0.3) is 0 Å². The molecular formula is C24H22ClN7S. The van der Waals surface area contributed by atoms with Crippen molar-refractivity contribution in [1.82, 2.24) is 20.3 Å². The second kappa shape index (κ2) is 10.7. The van der Waals surface area contributed by atoms with Crippen LogP contribution in [0.5, 0.6) is 0 Å². The van der Waals surface area contributed by atoms with E-state index in [2.05, 4.69) is 36.2 Å². The molecule has 0 radical (unpaired) electrons. The Morgan fingerprint density at radius 3 is 1.94 bits per heavy atom. The van der Waals surface area contributed by atoms with Crippen LogP contribution in [0.15, 0.2) is 78.9 Å². The van der Waals surface area contributed by atoms with Gasteiger partial charge in [-0.2, -0.15) is 15.0 Å². The Morgan fingerprint density at radius 1 is 0.818 bits per heavy atom. The maximum Gasteiger partial charge on any atom is 0.232 e. The lowest BCUT2D eigenvalue weighted by Gasteiger charge is -2.14. The maximum atomic E-state index is 6.03. The molecule has 0 aliphatic rings. The lowest BCUT2D eigenvalue weighted by molar-refractivity contribution is 0.820. The molecule has 0 saturated carbocycles. The lowest BCUT2D eigenvalue weighted by atomic mass is 10.2. The van der Waals surface area contributed by atoms with Gasteiger partial charge in [0.25, 0.3) is 0 Å². The number of hydrogen-bond acceptors (Lipinski definition) is 6. The summed E-state index contributed by atoms with van der Waals surface area (Å²) in [5.41, 5.74) is 3.63. The Kier molecular flexibility index (Phi) is 7.29. The van der Waals surface area contributed by atoms with Crippen molar-refractivity contribution >= 4 is 57.9 Å². The molecule has 0 amide bonds. The fourth-order valence-corrected chi connectivity index (χ4v) is 3.41. The Labute approximate surface area is 202 Å². The van der Waals surface area contributed by atoms with Gasteiger partial charge in [0.1, 0.15) is 0 Å². The predicted octanol–water partition coefficient (Wildman–Crippen LogP) is 5.81. The number of aryl methyl sites for hydroxylation is 1. The number of anilines is 5. The van der Waals surface area contributed by atoms with Gasteiger partial charge in [0, 0.05) is 22.1 Å². The van der Waals surface area contributed by atoms with Crippen LogP contribution < -0.4 is 21.3 Å². The third-order valence-corrected chi connectivity index (χ3v) is 5.07. The predicted molar refractivity (Wildman–Crippen MR) is 139 cm³/mol. The van der Waals surface area contributed by atoms with Crippen molar-refractivity contribution in [2.75, 3.05) is 16.0 Å². The van der Waals surface area contributed by atoms with Crippen LogP contribution in [-0.4, -0.2) is 20.1 Å². The summed E-state index contributed by atoms with van der Waals surface area (Å²) in [6.45, 7) is 2.28. The standard InChI is InChI=1S/C24H22ClN7S/c1-16-14-17(25)12-13-20(16)29-24(33)26-15-21-30-22(27-18-8-4-2-5-9-18)32-23(31-21)28-19-10-6-3-7-11-19/h2-14H,15H2,1H3,(H2,26,29,33)(H2,27,28,30,31,32). The molecule has 7 nitrogen and oxygen atoms in total. The van der Waals surface area contributed by atoms with Crippen molar-refractivity contribution < 1.29 is 0 Å². The highest BCUT2D eigenvalue weighted by molar-refractivity contribution is 7.80. The smallest absolute Gasteiger partial charge is 0.232 e. The molecule has 4 N–H and O–H groups in total. The number of rotatable bonds is 7. The maximum absolute atomic E-state index is 6.03. The van der Waals surface area contributed by atoms with E-state index in [1.54, 1.807) is 0 Å². The van der Waals surface area contributed by atoms with Crippen molar-refractivity contribution in [1.29, 1.82) is 0 Å². The molecule has 1 heterocycles. The number of thiocarbonyl (C=S) groups is 1. The van der Waals surface area contributed by atoms with Gasteiger partial charge in [-0.25, -0.2) is 0 Å². The number of nitrogens with one attached hydrogen (secondary N) is 4. The van der Waals surface area contributed by atoms with E-state index < -0.39 is 0 Å². The Balaban J connectivity index is 1.49. The second-order valence-electron chi connectivity index (χ2n) is 7.15.